The van der Waals surface area contributed by atoms with E-state index < -0.39 is 97.5 Å². The molecule has 0 aliphatic heterocycles. The standard InChI is InChI=1S/C86H168O17P2/c1-8-9-10-11-12-13-14-15-16-17-18-19-20-23-30-35-40-47-55-62-69-85(90)102-81(73-96-83(88)67-60-53-46-39-34-29-24-21-22-27-32-37-43-50-57-64-77(2)3)75-100-104(92,93)98-71-80(87)72-99-105(94,95)101-76-82(74-97-84(89)68-61-54-49-42-45-52-59-66-79(6)7)103-86(91)70-63-56-48-41-36-31-26-25-28-33-38-44-51-58-65-78(4)5/h77-82,87H,8-76H2,1-7H3,(H,92,93)(H,94,95)/t80-,81-,82-/m1/s1. The van der Waals surface area contributed by atoms with E-state index in [1.807, 2.05) is 0 Å². The van der Waals surface area contributed by atoms with Crippen LogP contribution >= 0.6 is 15.6 Å². The largest absolute Gasteiger partial charge is 0.472 e. The maximum Gasteiger partial charge on any atom is 0.472 e. The summed E-state index contributed by atoms with van der Waals surface area (Å²) in [5.41, 5.74) is 0. The molecule has 19 heteroatoms. The van der Waals surface area contributed by atoms with E-state index in [4.69, 9.17) is 37.0 Å². The van der Waals surface area contributed by atoms with E-state index in [-0.39, 0.29) is 25.7 Å². The van der Waals surface area contributed by atoms with Gasteiger partial charge >= 0.3 is 39.5 Å². The first-order chi connectivity index (χ1) is 50.7. The van der Waals surface area contributed by atoms with E-state index in [1.54, 1.807) is 0 Å². The average molecular weight is 1540 g/mol. The van der Waals surface area contributed by atoms with Crippen molar-refractivity contribution in [2.24, 2.45) is 17.8 Å². The monoisotopic (exact) mass is 1540 g/mol. The molecule has 3 N–H and O–H groups in total. The summed E-state index contributed by atoms with van der Waals surface area (Å²) in [6.45, 7) is 12.0. The Balaban J connectivity index is 5.23. The second-order valence-electron chi connectivity index (χ2n) is 32.4. The van der Waals surface area contributed by atoms with E-state index >= 15 is 0 Å². The highest BCUT2D eigenvalue weighted by Crippen LogP contribution is 2.45. The highest BCUT2D eigenvalue weighted by atomic mass is 31.2. The summed E-state index contributed by atoms with van der Waals surface area (Å²) in [5.74, 6) is 0.201. The molecule has 0 fully saturated rings. The molecule has 17 nitrogen and oxygen atoms in total. The van der Waals surface area contributed by atoms with Gasteiger partial charge in [0.25, 0.3) is 0 Å². The maximum absolute atomic E-state index is 13.1. The van der Waals surface area contributed by atoms with E-state index in [0.717, 1.165) is 108 Å². The molecule has 0 saturated heterocycles. The highest BCUT2D eigenvalue weighted by molar-refractivity contribution is 7.47. The molecule has 2 unspecified atom stereocenters. The van der Waals surface area contributed by atoms with Crippen LogP contribution < -0.4 is 0 Å². The van der Waals surface area contributed by atoms with Crippen molar-refractivity contribution in [3.63, 3.8) is 0 Å². The molecule has 0 saturated carbocycles. The minimum absolute atomic E-state index is 0.107. The van der Waals surface area contributed by atoms with Crippen molar-refractivity contribution in [2.45, 2.75) is 471 Å². The smallest absolute Gasteiger partial charge is 0.462 e. The molecule has 0 aromatic heterocycles. The Bertz CT molecular complexity index is 2030. The Kier molecular flexibility index (Phi) is 74.7. The van der Waals surface area contributed by atoms with Gasteiger partial charge < -0.3 is 33.8 Å². The van der Waals surface area contributed by atoms with Gasteiger partial charge in [-0.15, -0.1) is 0 Å². The van der Waals surface area contributed by atoms with Crippen molar-refractivity contribution in [1.82, 2.24) is 0 Å². The first kappa shape index (κ1) is 103. The third kappa shape index (κ3) is 79.9. The minimum atomic E-state index is -4.97. The molecule has 105 heavy (non-hydrogen) atoms. The SMILES string of the molecule is CCCCCCCCCCCCCCCCCCCCCCC(=O)O[C@H](COC(=O)CCCCCCCCCCCCCCCCCC(C)C)COP(=O)(O)OC[C@@H](O)COP(=O)(O)OC[C@@H](COC(=O)CCCCCCCCCC(C)C)OC(=O)CCCCCCCCCCCCCCCCC(C)C. The first-order valence-corrected chi connectivity index (χ1v) is 47.3. The van der Waals surface area contributed by atoms with Crippen LogP contribution in [0.3, 0.4) is 0 Å². The van der Waals surface area contributed by atoms with Crippen LogP contribution in [0.25, 0.3) is 0 Å². The lowest BCUT2D eigenvalue weighted by Crippen LogP contribution is -2.30. The predicted molar refractivity (Wildman–Crippen MR) is 432 cm³/mol. The number of unbranched alkanes of at least 4 members (excludes halogenated alkanes) is 52. The molecule has 0 spiro atoms. The third-order valence-corrected chi connectivity index (χ3v) is 22.0. The molecule has 0 aliphatic rings. The van der Waals surface area contributed by atoms with E-state index in [2.05, 4.69) is 48.5 Å². The summed E-state index contributed by atoms with van der Waals surface area (Å²) >= 11 is 0. The number of ether oxygens (including phenoxy) is 4. The lowest BCUT2D eigenvalue weighted by atomic mass is 10.0. The van der Waals surface area contributed by atoms with E-state index in [1.165, 1.54) is 257 Å². The van der Waals surface area contributed by atoms with Gasteiger partial charge in [0.05, 0.1) is 26.4 Å². The predicted octanol–water partition coefficient (Wildman–Crippen LogP) is 26.1. The van der Waals surface area contributed by atoms with Gasteiger partial charge in [-0.2, -0.15) is 0 Å². The van der Waals surface area contributed by atoms with Crippen molar-refractivity contribution in [2.75, 3.05) is 39.6 Å². The van der Waals surface area contributed by atoms with E-state index in [0.29, 0.717) is 31.6 Å². The van der Waals surface area contributed by atoms with Crippen LogP contribution in [0.4, 0.5) is 0 Å². The fourth-order valence-corrected chi connectivity index (χ4v) is 14.9. The zero-order chi connectivity index (χ0) is 77.2. The summed E-state index contributed by atoms with van der Waals surface area (Å²) in [6, 6.07) is 0. The number of carbonyl (C=O) groups is 4. The van der Waals surface area contributed by atoms with Gasteiger partial charge in [0.2, 0.25) is 0 Å². The lowest BCUT2D eigenvalue weighted by Gasteiger charge is -2.21. The number of esters is 4. The van der Waals surface area contributed by atoms with Crippen LogP contribution in [0.1, 0.15) is 453 Å². The summed E-state index contributed by atoms with van der Waals surface area (Å²) in [4.78, 5) is 73.2. The van der Waals surface area contributed by atoms with Crippen LogP contribution in [0, 0.1) is 17.8 Å². The van der Waals surface area contributed by atoms with Crippen molar-refractivity contribution in [3.8, 4) is 0 Å². The third-order valence-electron chi connectivity index (χ3n) is 20.1. The Labute approximate surface area is 645 Å². The fraction of sp³-hybridized carbons (Fsp3) is 0.953. The molecule has 0 aliphatic carbocycles. The number of carbonyl (C=O) groups excluding carboxylic acids is 4. The van der Waals surface area contributed by atoms with Crippen molar-refractivity contribution < 1.29 is 80.2 Å². The molecular weight excluding hydrogens is 1370 g/mol. The Hall–Kier alpha value is -1.94. The number of rotatable bonds is 84. The van der Waals surface area contributed by atoms with Gasteiger partial charge in [-0.3, -0.25) is 37.3 Å². The van der Waals surface area contributed by atoms with Gasteiger partial charge in [-0.25, -0.2) is 9.13 Å². The number of hydrogen-bond donors (Lipinski definition) is 3. The Morgan fingerprint density at radius 3 is 0.648 bits per heavy atom. The maximum atomic E-state index is 13.1. The van der Waals surface area contributed by atoms with Gasteiger partial charge in [0.1, 0.15) is 19.3 Å². The first-order valence-electron chi connectivity index (χ1n) is 44.3. The molecule has 0 aromatic carbocycles. The molecule has 0 amide bonds. The van der Waals surface area contributed by atoms with Gasteiger partial charge in [0, 0.05) is 25.7 Å². The number of phosphoric acid groups is 2. The lowest BCUT2D eigenvalue weighted by molar-refractivity contribution is -0.161. The molecule has 5 atom stereocenters. The summed E-state index contributed by atoms with van der Waals surface area (Å²) in [7, 11) is -9.93. The van der Waals surface area contributed by atoms with Crippen molar-refractivity contribution >= 4 is 39.5 Å². The van der Waals surface area contributed by atoms with Crippen LogP contribution in [0.15, 0.2) is 0 Å². The summed E-state index contributed by atoms with van der Waals surface area (Å²) in [6.07, 6.45) is 66.8. The van der Waals surface area contributed by atoms with Crippen LogP contribution in [-0.2, 0) is 65.4 Å². The molecule has 0 rings (SSSR count). The zero-order valence-electron chi connectivity index (χ0n) is 69.2. The van der Waals surface area contributed by atoms with Crippen LogP contribution in [-0.4, -0.2) is 96.7 Å². The number of phosphoric ester groups is 2. The van der Waals surface area contributed by atoms with Gasteiger partial charge in [-0.1, -0.05) is 402 Å². The van der Waals surface area contributed by atoms with Gasteiger partial charge in [-0.05, 0) is 43.4 Å². The molecule has 0 heterocycles. The number of aliphatic hydroxyl groups is 1. The molecule has 0 radical (unpaired) electrons. The second-order valence-corrected chi connectivity index (χ2v) is 35.3. The Morgan fingerprint density at radius 1 is 0.257 bits per heavy atom. The summed E-state index contributed by atoms with van der Waals surface area (Å²) in [5, 5.41) is 10.7. The normalized spacial score (nSPS) is 13.9. The van der Waals surface area contributed by atoms with Crippen LogP contribution in [0.5, 0.6) is 0 Å². The molecule has 0 bridgehead atoms. The second kappa shape index (κ2) is 76.1. The number of aliphatic hydroxyl groups excluding tert-OH is 1. The van der Waals surface area contributed by atoms with Crippen molar-refractivity contribution in [3.05, 3.63) is 0 Å². The van der Waals surface area contributed by atoms with E-state index in [9.17, 15) is 43.2 Å². The topological polar surface area (TPSA) is 237 Å². The van der Waals surface area contributed by atoms with Gasteiger partial charge in [0.15, 0.2) is 12.2 Å². The average Bonchev–Trinajstić information content (AvgIpc) is 0.908. The van der Waals surface area contributed by atoms with Crippen molar-refractivity contribution in [1.29, 1.82) is 0 Å². The van der Waals surface area contributed by atoms with Crippen LogP contribution in [0.2, 0.25) is 0 Å². The molecular formula is C86H168O17P2. The highest BCUT2D eigenvalue weighted by Gasteiger charge is 2.30. The quantitative estimate of drug-likeness (QED) is 0.0222. The minimum Gasteiger partial charge on any atom is -0.462 e. The molecule has 624 valence electrons. The molecule has 0 aromatic rings. The summed E-state index contributed by atoms with van der Waals surface area (Å²) < 4.78 is 68.9. The Morgan fingerprint density at radius 2 is 0.438 bits per heavy atom. The fourth-order valence-electron chi connectivity index (χ4n) is 13.4. The number of hydrogen-bond acceptors (Lipinski definition) is 15. The zero-order valence-corrected chi connectivity index (χ0v) is 71.0.